The van der Waals surface area contributed by atoms with Crippen molar-refractivity contribution in [2.75, 3.05) is 58.1 Å². The molecule has 95 heavy (non-hydrogen) atoms. The summed E-state index contributed by atoms with van der Waals surface area (Å²) in [7, 11) is 3.12. The molecular formula is C70H94BrF4N9O11. The molecule has 520 valence electrons. The van der Waals surface area contributed by atoms with Crippen molar-refractivity contribution in [3.63, 3.8) is 0 Å². The third-order valence-corrected chi connectivity index (χ3v) is 15.6. The van der Waals surface area contributed by atoms with Gasteiger partial charge in [-0.25, -0.2) is 36.5 Å². The van der Waals surface area contributed by atoms with E-state index >= 15 is 0 Å². The minimum absolute atomic E-state index is 0.0105. The van der Waals surface area contributed by atoms with Gasteiger partial charge in [-0.05, 0) is 148 Å². The molecule has 0 unspecified atom stereocenters. The van der Waals surface area contributed by atoms with Gasteiger partial charge in [0.05, 0.1) is 56.4 Å². The number of aromatic nitrogens is 4. The highest BCUT2D eigenvalue weighted by molar-refractivity contribution is 9.08. The van der Waals surface area contributed by atoms with Crippen LogP contribution in [0.25, 0.3) is 0 Å². The van der Waals surface area contributed by atoms with Gasteiger partial charge in [0.15, 0.2) is 0 Å². The second-order valence-electron chi connectivity index (χ2n) is 25.0. The Morgan fingerprint density at radius 2 is 0.863 bits per heavy atom. The summed E-state index contributed by atoms with van der Waals surface area (Å²) in [6.45, 7) is 17.6. The van der Waals surface area contributed by atoms with Gasteiger partial charge < -0.3 is 54.5 Å². The van der Waals surface area contributed by atoms with E-state index in [9.17, 15) is 46.6 Å². The molecule has 4 aliphatic rings. The number of carbonyl (C=O) groups excluding carboxylic acids is 3. The fourth-order valence-electron chi connectivity index (χ4n) is 9.65. The summed E-state index contributed by atoms with van der Waals surface area (Å²) in [6, 6.07) is 32.6. The van der Waals surface area contributed by atoms with Gasteiger partial charge in [-0.2, -0.15) is 10.2 Å². The molecule has 10 rings (SSSR count). The fraction of sp³-hybridized carbons (Fsp3) is 0.500. The van der Waals surface area contributed by atoms with Crippen LogP contribution in [0.15, 0.2) is 131 Å². The Hall–Kier alpha value is -7.55. The van der Waals surface area contributed by atoms with Crippen LogP contribution in [0.4, 0.5) is 33.0 Å². The highest BCUT2D eigenvalue weighted by atomic mass is 79.9. The van der Waals surface area contributed by atoms with Gasteiger partial charge in [0.2, 0.25) is 5.91 Å². The van der Waals surface area contributed by atoms with Gasteiger partial charge >= 0.3 is 12.2 Å². The number of piperidine rings is 4. The molecule has 4 N–H and O–H groups in total. The van der Waals surface area contributed by atoms with E-state index in [4.69, 9.17) is 29.4 Å². The maximum atomic E-state index is 13.6. The van der Waals surface area contributed by atoms with Crippen molar-refractivity contribution in [1.82, 2.24) is 39.6 Å². The van der Waals surface area contributed by atoms with Crippen LogP contribution in [0.2, 0.25) is 0 Å². The number of hydrogen-bond acceptors (Lipinski definition) is 15. The number of nitrogens with one attached hydrogen (secondary N) is 1. The van der Waals surface area contributed by atoms with Crippen molar-refractivity contribution in [3.8, 4) is 0 Å². The van der Waals surface area contributed by atoms with Crippen molar-refractivity contribution in [3.05, 3.63) is 193 Å². The van der Waals surface area contributed by atoms with Crippen LogP contribution in [-0.2, 0) is 74.1 Å². The molecule has 0 aliphatic carbocycles. The number of aliphatic hydroxyl groups is 1. The van der Waals surface area contributed by atoms with Crippen LogP contribution < -0.4 is 22.2 Å². The molecule has 3 amide bonds. The molecular weight excluding hydrogens is 1300 g/mol. The predicted octanol–water partition coefficient (Wildman–Crippen LogP) is 11.0. The summed E-state index contributed by atoms with van der Waals surface area (Å²) in [5.41, 5.74) is 7.04. The molecule has 2 aromatic heterocycles. The van der Waals surface area contributed by atoms with Crippen LogP contribution in [0, 0.1) is 23.3 Å². The monoisotopic (exact) mass is 1390 g/mol. The van der Waals surface area contributed by atoms with Crippen molar-refractivity contribution in [2.24, 2.45) is 14.1 Å². The van der Waals surface area contributed by atoms with Crippen molar-refractivity contribution in [1.29, 1.82) is 0 Å². The minimum Gasteiger partial charge on any atom is -0.444 e. The van der Waals surface area contributed by atoms with Gasteiger partial charge in [0.25, 0.3) is 11.1 Å². The molecule has 0 saturated carbocycles. The first-order chi connectivity index (χ1) is 45.2. The number of nitrogen functional groups attached to an aromatic ring is 1. The lowest BCUT2D eigenvalue weighted by atomic mass is 10.1. The first kappa shape index (κ1) is 78.1. The first-order valence-corrected chi connectivity index (χ1v) is 33.1. The van der Waals surface area contributed by atoms with E-state index in [-0.39, 0.29) is 96.5 Å². The molecule has 6 heterocycles. The number of aryl methyl sites for hydroxylation is 2. The standard InChI is InChI=1S/C19H22FN3O3.C17H24FNO3.C12H16FNO.C10H19NO3.C7H6BrF.C5H7N3O/c1-22-18(24)7-6-15(21-22)12-19(25)23-10-8-16(9-11-23)26-13-14-4-2-3-5-17(14)20;1-17(2,3)22-16(20)19-10-8-14(9-11-19)21-12-13-6-4-5-7-15(13)18;13-12-4-2-1-3-10(12)9-15-11-5-7-14-8-6-11;1-10(2,3)14-9(13)11-6-4-8(12)5-7-11;8-5-6-3-1-2-4-7(6)9;1-8-5(9)3-2-4(6)7-8/h2-7,16H,8-13H2,1H3;4-7,14H,8-12H2,1-3H3;1-4,11,14H,5-9H2;8,12H,4-7H2,1-3H3;1-4H,5H2;2-3H,1H3,(H2,6,7). The third-order valence-electron chi connectivity index (χ3n) is 15.0. The lowest BCUT2D eigenvalue weighted by Crippen LogP contribution is -2.43. The van der Waals surface area contributed by atoms with Gasteiger partial charge in [-0.1, -0.05) is 88.7 Å². The first-order valence-electron chi connectivity index (χ1n) is 32.0. The number of aliphatic hydroxyl groups excluding tert-OH is 1. The molecule has 4 fully saturated rings. The Balaban J connectivity index is 0.000000215. The highest BCUT2D eigenvalue weighted by Gasteiger charge is 2.29. The predicted molar refractivity (Wildman–Crippen MR) is 359 cm³/mol. The number of alkyl halides is 1. The van der Waals surface area contributed by atoms with Crippen molar-refractivity contribution >= 4 is 39.8 Å². The number of nitrogens with two attached hydrogens (primary N) is 1. The molecule has 0 atom stereocenters. The van der Waals surface area contributed by atoms with E-state index in [1.165, 1.54) is 51.8 Å². The largest absolute Gasteiger partial charge is 0.444 e. The highest BCUT2D eigenvalue weighted by Crippen LogP contribution is 2.22. The average molecular weight is 1390 g/mol. The maximum Gasteiger partial charge on any atom is 0.410 e. The van der Waals surface area contributed by atoms with Crippen LogP contribution >= 0.6 is 15.9 Å². The number of hydrogen-bond donors (Lipinski definition) is 3. The van der Waals surface area contributed by atoms with E-state index in [0.29, 0.717) is 97.8 Å². The fourth-order valence-corrected chi connectivity index (χ4v) is 10.1. The van der Waals surface area contributed by atoms with Gasteiger partial charge in [0, 0.05) is 87.5 Å². The number of nitrogens with zero attached hydrogens (tertiary/aromatic N) is 7. The Labute approximate surface area is 563 Å². The summed E-state index contributed by atoms with van der Waals surface area (Å²) >= 11 is 3.17. The molecule has 4 aliphatic heterocycles. The van der Waals surface area contributed by atoms with Crippen LogP contribution in [0.1, 0.15) is 121 Å². The summed E-state index contributed by atoms with van der Waals surface area (Å²) in [5.74, 6) is -0.472. The van der Waals surface area contributed by atoms with Crippen LogP contribution in [-0.4, -0.2) is 145 Å². The Morgan fingerprint density at radius 3 is 1.21 bits per heavy atom. The van der Waals surface area contributed by atoms with E-state index < -0.39 is 11.2 Å². The number of carbonyl (C=O) groups is 3. The van der Waals surface area contributed by atoms with Crippen molar-refractivity contribution < 1.29 is 60.7 Å². The second kappa shape index (κ2) is 40.1. The Morgan fingerprint density at radius 1 is 0.516 bits per heavy atom. The lowest BCUT2D eigenvalue weighted by Gasteiger charge is -2.33. The van der Waals surface area contributed by atoms with Gasteiger partial charge in [-0.15, -0.1) is 0 Å². The number of anilines is 1. The molecule has 20 nitrogen and oxygen atoms in total. The smallest absolute Gasteiger partial charge is 0.410 e. The van der Waals surface area contributed by atoms with Crippen LogP contribution in [0.3, 0.4) is 0 Å². The third kappa shape index (κ3) is 30.0. The number of ether oxygens (including phenoxy) is 5. The average Bonchev–Trinajstić information content (AvgIpc) is 0.958. The zero-order valence-electron chi connectivity index (χ0n) is 55.8. The molecule has 0 spiro atoms. The Bertz CT molecular complexity index is 3410. The van der Waals surface area contributed by atoms with Crippen LogP contribution in [0.5, 0.6) is 0 Å². The molecule has 0 radical (unpaired) electrons. The number of amides is 3. The van der Waals surface area contributed by atoms with Gasteiger partial charge in [0.1, 0.15) is 40.3 Å². The molecule has 6 aromatic rings. The lowest BCUT2D eigenvalue weighted by molar-refractivity contribution is -0.133. The maximum absolute atomic E-state index is 13.6. The molecule has 4 aromatic carbocycles. The molecule has 0 bridgehead atoms. The zero-order valence-corrected chi connectivity index (χ0v) is 57.4. The van der Waals surface area contributed by atoms with E-state index in [1.807, 2.05) is 53.7 Å². The zero-order chi connectivity index (χ0) is 69.5. The molecule has 25 heteroatoms. The van der Waals surface area contributed by atoms with E-state index in [2.05, 4.69) is 31.4 Å². The van der Waals surface area contributed by atoms with Gasteiger partial charge in [-0.3, -0.25) is 14.4 Å². The molecule has 4 saturated heterocycles. The summed E-state index contributed by atoms with van der Waals surface area (Å²) in [4.78, 5) is 63.0. The van der Waals surface area contributed by atoms with E-state index in [0.717, 1.165) is 51.6 Å². The number of likely N-dealkylation sites (tertiary alicyclic amines) is 3. The number of halogens is 5. The quantitative estimate of drug-likeness (QED) is 0.0763. The topological polar surface area (TPSA) is 235 Å². The summed E-state index contributed by atoms with van der Waals surface area (Å²) in [5, 5.41) is 20.9. The summed E-state index contributed by atoms with van der Waals surface area (Å²) < 4.78 is 83.2. The summed E-state index contributed by atoms with van der Waals surface area (Å²) in [6.07, 6.45) is 6.01. The normalized spacial score (nSPS) is 15.5. The second-order valence-corrected chi connectivity index (χ2v) is 25.6. The minimum atomic E-state index is -0.477. The number of rotatable bonds is 12. The van der Waals surface area contributed by atoms with Crippen molar-refractivity contribution in [2.45, 2.75) is 160 Å². The number of benzene rings is 4. The Kier molecular flexibility index (Phi) is 33.0. The van der Waals surface area contributed by atoms with E-state index in [1.54, 1.807) is 95.5 Å². The SMILES string of the molecule is CC(C)(C)OC(=O)N1CCC(O)CC1.CC(C)(C)OC(=O)N1CCC(OCc2ccccc2F)CC1.Cn1nc(CC(=O)N2CCC(OCc3ccccc3F)CC2)ccc1=O.Cn1nc(N)ccc1=O.Fc1ccccc1CBr.Fc1ccccc1COC1CCNCC1.